The first-order chi connectivity index (χ1) is 11.0. The standard InChI is InChI=1S/C14H13ClN4O4/c1-7(20)23-5-4-19-12-9(11(18-19)13(21)22)3-2-8-6-16-14(15)17-10(8)12/h6H,2-5H2,1H3,(H,21,22). The molecule has 0 aromatic carbocycles. The molecule has 0 atom stereocenters. The number of ether oxygens (including phenoxy) is 1. The zero-order valence-corrected chi connectivity index (χ0v) is 13.0. The molecule has 120 valence electrons. The molecule has 0 spiro atoms. The Labute approximate surface area is 136 Å². The second kappa shape index (κ2) is 5.96. The molecule has 0 amide bonds. The Morgan fingerprint density at radius 1 is 1.43 bits per heavy atom. The maximum absolute atomic E-state index is 11.4. The van der Waals surface area contributed by atoms with Crippen LogP contribution in [0.2, 0.25) is 5.28 Å². The van der Waals surface area contributed by atoms with Crippen LogP contribution in [0.15, 0.2) is 6.20 Å². The summed E-state index contributed by atoms with van der Waals surface area (Å²) in [7, 11) is 0. The van der Waals surface area contributed by atoms with Gasteiger partial charge >= 0.3 is 11.9 Å². The SMILES string of the molecule is CC(=O)OCCn1nc(C(=O)O)c2c1-c1nc(Cl)ncc1CC2. The van der Waals surface area contributed by atoms with Crippen molar-refractivity contribution in [3.8, 4) is 11.4 Å². The van der Waals surface area contributed by atoms with Crippen molar-refractivity contribution in [3.05, 3.63) is 28.3 Å². The Kier molecular flexibility index (Phi) is 3.99. The third-order valence-electron chi connectivity index (χ3n) is 3.57. The predicted molar refractivity (Wildman–Crippen MR) is 79.3 cm³/mol. The Hall–Kier alpha value is -2.48. The van der Waals surface area contributed by atoms with Crippen molar-refractivity contribution < 1.29 is 19.4 Å². The Morgan fingerprint density at radius 3 is 2.91 bits per heavy atom. The highest BCUT2D eigenvalue weighted by molar-refractivity contribution is 6.28. The largest absolute Gasteiger partial charge is 0.476 e. The van der Waals surface area contributed by atoms with Gasteiger partial charge in [0.2, 0.25) is 5.28 Å². The minimum atomic E-state index is -1.10. The van der Waals surface area contributed by atoms with Crippen molar-refractivity contribution in [2.75, 3.05) is 6.61 Å². The van der Waals surface area contributed by atoms with Crippen LogP contribution in [0.1, 0.15) is 28.5 Å². The molecule has 9 heteroatoms. The molecule has 3 rings (SSSR count). The highest BCUT2D eigenvalue weighted by Crippen LogP contribution is 2.34. The number of aryl methyl sites for hydroxylation is 1. The van der Waals surface area contributed by atoms with Crippen LogP contribution in [-0.4, -0.2) is 43.4 Å². The van der Waals surface area contributed by atoms with Gasteiger partial charge in [-0.1, -0.05) is 0 Å². The van der Waals surface area contributed by atoms with E-state index in [1.54, 1.807) is 6.20 Å². The summed E-state index contributed by atoms with van der Waals surface area (Å²) in [4.78, 5) is 30.5. The molecule has 0 radical (unpaired) electrons. The minimum Gasteiger partial charge on any atom is -0.476 e. The van der Waals surface area contributed by atoms with E-state index in [0.717, 1.165) is 5.56 Å². The summed E-state index contributed by atoms with van der Waals surface area (Å²) in [6, 6.07) is 0. The topological polar surface area (TPSA) is 107 Å². The maximum Gasteiger partial charge on any atom is 0.356 e. The number of carboxylic acid groups (broad SMARTS) is 1. The van der Waals surface area contributed by atoms with Gasteiger partial charge in [0, 0.05) is 18.7 Å². The monoisotopic (exact) mass is 336 g/mol. The molecule has 1 N–H and O–H groups in total. The quantitative estimate of drug-likeness (QED) is 0.663. The Balaban J connectivity index is 2.08. The minimum absolute atomic E-state index is 0.0109. The van der Waals surface area contributed by atoms with E-state index in [1.807, 2.05) is 0 Å². The molecule has 2 aromatic heterocycles. The van der Waals surface area contributed by atoms with Gasteiger partial charge in [0.1, 0.15) is 6.61 Å². The van der Waals surface area contributed by atoms with E-state index in [-0.39, 0.29) is 24.1 Å². The fourth-order valence-corrected chi connectivity index (χ4v) is 2.78. The fraction of sp³-hybridized carbons (Fsp3) is 0.357. The van der Waals surface area contributed by atoms with Crippen LogP contribution in [0, 0.1) is 0 Å². The summed E-state index contributed by atoms with van der Waals surface area (Å²) in [6.45, 7) is 1.64. The average Bonchev–Trinajstić information content (AvgIpc) is 2.86. The lowest BCUT2D eigenvalue weighted by Crippen LogP contribution is -2.14. The van der Waals surface area contributed by atoms with Crippen LogP contribution in [-0.2, 0) is 28.9 Å². The first-order valence-corrected chi connectivity index (χ1v) is 7.33. The average molecular weight is 337 g/mol. The number of esters is 1. The van der Waals surface area contributed by atoms with E-state index in [1.165, 1.54) is 11.6 Å². The Bertz CT molecular complexity index is 802. The van der Waals surface area contributed by atoms with E-state index < -0.39 is 11.9 Å². The lowest BCUT2D eigenvalue weighted by atomic mass is 9.93. The molecule has 2 aromatic rings. The van der Waals surface area contributed by atoms with Gasteiger partial charge in [0.25, 0.3) is 0 Å². The summed E-state index contributed by atoms with van der Waals surface area (Å²) in [5.74, 6) is -1.51. The number of halogens is 1. The van der Waals surface area contributed by atoms with Crippen LogP contribution in [0.25, 0.3) is 11.4 Å². The molecule has 0 aliphatic heterocycles. The molecule has 2 heterocycles. The summed E-state index contributed by atoms with van der Waals surface area (Å²) < 4.78 is 6.42. The summed E-state index contributed by atoms with van der Waals surface area (Å²) in [5.41, 5.74) is 2.66. The number of hydrogen-bond donors (Lipinski definition) is 1. The zero-order valence-electron chi connectivity index (χ0n) is 12.2. The van der Waals surface area contributed by atoms with Gasteiger partial charge in [0.05, 0.1) is 17.9 Å². The summed E-state index contributed by atoms with van der Waals surface area (Å²) in [5, 5.41) is 13.6. The highest BCUT2D eigenvalue weighted by atomic mass is 35.5. The number of carbonyl (C=O) groups excluding carboxylic acids is 1. The molecule has 0 unspecified atom stereocenters. The molecule has 1 aliphatic carbocycles. The normalized spacial score (nSPS) is 12.4. The highest BCUT2D eigenvalue weighted by Gasteiger charge is 2.29. The molecular weight excluding hydrogens is 324 g/mol. The number of fused-ring (bicyclic) bond motifs is 3. The van der Waals surface area contributed by atoms with Gasteiger partial charge in [-0.15, -0.1) is 0 Å². The molecule has 0 fully saturated rings. The van der Waals surface area contributed by atoms with Crippen LogP contribution >= 0.6 is 11.6 Å². The number of carbonyl (C=O) groups is 2. The second-order valence-corrected chi connectivity index (χ2v) is 5.40. The maximum atomic E-state index is 11.4. The lowest BCUT2D eigenvalue weighted by molar-refractivity contribution is -0.141. The fourth-order valence-electron chi connectivity index (χ4n) is 2.64. The smallest absolute Gasteiger partial charge is 0.356 e. The molecule has 0 saturated carbocycles. The molecule has 23 heavy (non-hydrogen) atoms. The van der Waals surface area contributed by atoms with Crippen LogP contribution in [0.3, 0.4) is 0 Å². The van der Waals surface area contributed by atoms with Crippen molar-refractivity contribution in [2.24, 2.45) is 0 Å². The Morgan fingerprint density at radius 2 is 2.22 bits per heavy atom. The molecule has 0 bridgehead atoms. The lowest BCUT2D eigenvalue weighted by Gasteiger charge is -2.17. The van der Waals surface area contributed by atoms with E-state index in [2.05, 4.69) is 15.1 Å². The van der Waals surface area contributed by atoms with E-state index in [9.17, 15) is 14.7 Å². The number of nitrogens with zero attached hydrogens (tertiary/aromatic N) is 4. The van der Waals surface area contributed by atoms with E-state index >= 15 is 0 Å². The van der Waals surface area contributed by atoms with Crippen molar-refractivity contribution in [1.29, 1.82) is 0 Å². The van der Waals surface area contributed by atoms with E-state index in [0.29, 0.717) is 29.8 Å². The zero-order chi connectivity index (χ0) is 16.6. The van der Waals surface area contributed by atoms with Gasteiger partial charge in [-0.25, -0.2) is 14.8 Å². The first kappa shape index (κ1) is 15.4. The van der Waals surface area contributed by atoms with Crippen LogP contribution < -0.4 is 0 Å². The van der Waals surface area contributed by atoms with Crippen molar-refractivity contribution in [2.45, 2.75) is 26.3 Å². The van der Waals surface area contributed by atoms with E-state index in [4.69, 9.17) is 16.3 Å². The third-order valence-corrected chi connectivity index (χ3v) is 3.75. The molecule has 8 nitrogen and oxygen atoms in total. The third kappa shape index (κ3) is 2.89. The molecule has 0 saturated heterocycles. The molecule has 1 aliphatic rings. The van der Waals surface area contributed by atoms with Gasteiger partial charge in [-0.2, -0.15) is 5.10 Å². The second-order valence-electron chi connectivity index (χ2n) is 5.06. The van der Waals surface area contributed by atoms with Gasteiger partial charge < -0.3 is 9.84 Å². The number of aromatic carboxylic acids is 1. The van der Waals surface area contributed by atoms with Crippen molar-refractivity contribution >= 4 is 23.5 Å². The van der Waals surface area contributed by atoms with Gasteiger partial charge in [-0.3, -0.25) is 9.48 Å². The van der Waals surface area contributed by atoms with Crippen LogP contribution in [0.5, 0.6) is 0 Å². The van der Waals surface area contributed by atoms with Crippen molar-refractivity contribution in [3.63, 3.8) is 0 Å². The summed E-state index contributed by atoms with van der Waals surface area (Å²) >= 11 is 5.87. The van der Waals surface area contributed by atoms with Gasteiger partial charge in [0.15, 0.2) is 5.69 Å². The molecular formula is C14H13ClN4O4. The summed E-state index contributed by atoms with van der Waals surface area (Å²) in [6.07, 6.45) is 2.79. The predicted octanol–water partition coefficient (Wildman–Crippen LogP) is 1.35. The van der Waals surface area contributed by atoms with Gasteiger partial charge in [-0.05, 0) is 30.0 Å². The van der Waals surface area contributed by atoms with Crippen molar-refractivity contribution in [1.82, 2.24) is 19.7 Å². The van der Waals surface area contributed by atoms with Crippen LogP contribution in [0.4, 0.5) is 0 Å². The number of rotatable bonds is 4. The first-order valence-electron chi connectivity index (χ1n) is 6.95. The number of aromatic nitrogens is 4. The number of carboxylic acids is 1. The number of hydrogen-bond acceptors (Lipinski definition) is 6.